The van der Waals surface area contributed by atoms with Gasteiger partial charge in [0.25, 0.3) is 5.91 Å². The van der Waals surface area contributed by atoms with Crippen LogP contribution >= 0.6 is 0 Å². The summed E-state index contributed by atoms with van der Waals surface area (Å²) in [6.45, 7) is 9.02. The van der Waals surface area contributed by atoms with E-state index in [0.29, 0.717) is 24.8 Å². The molecule has 0 saturated heterocycles. The van der Waals surface area contributed by atoms with Crippen LogP contribution < -0.4 is 0 Å². The van der Waals surface area contributed by atoms with Crippen molar-refractivity contribution in [3.8, 4) is 0 Å². The second kappa shape index (κ2) is 6.68. The molecule has 7 heteroatoms. The lowest BCUT2D eigenvalue weighted by atomic mass is 10.2. The highest BCUT2D eigenvalue weighted by molar-refractivity contribution is 5.92. The standard InChI is InChI=1S/C17H24N6O/c1-12(2)21(4)10-14-8-20-16-11-22(5-6-23(14)16)17(24)15-9-18-13(3)7-19-15/h7-9,12H,5-6,10-11H2,1-4H3. The summed E-state index contributed by atoms with van der Waals surface area (Å²) in [6, 6.07) is 0.484. The molecule has 0 fully saturated rings. The minimum atomic E-state index is -0.0856. The summed E-state index contributed by atoms with van der Waals surface area (Å²) in [5.74, 6) is 0.847. The highest BCUT2D eigenvalue weighted by atomic mass is 16.2. The summed E-state index contributed by atoms with van der Waals surface area (Å²) < 4.78 is 2.23. The number of hydrogen-bond acceptors (Lipinski definition) is 5. The molecule has 3 heterocycles. The quantitative estimate of drug-likeness (QED) is 0.850. The molecule has 2 aromatic rings. The Labute approximate surface area is 142 Å². The highest BCUT2D eigenvalue weighted by Crippen LogP contribution is 2.17. The number of hydrogen-bond donors (Lipinski definition) is 0. The van der Waals surface area contributed by atoms with E-state index in [1.54, 1.807) is 17.3 Å². The van der Waals surface area contributed by atoms with E-state index < -0.39 is 0 Å². The number of fused-ring (bicyclic) bond motifs is 1. The minimum absolute atomic E-state index is 0.0856. The minimum Gasteiger partial charge on any atom is -0.328 e. The normalized spacial score (nSPS) is 14.3. The van der Waals surface area contributed by atoms with Crippen LogP contribution in [0.2, 0.25) is 0 Å². The third-order valence-electron chi connectivity index (χ3n) is 4.53. The van der Waals surface area contributed by atoms with Gasteiger partial charge in [0.1, 0.15) is 11.5 Å². The smallest absolute Gasteiger partial charge is 0.274 e. The summed E-state index contributed by atoms with van der Waals surface area (Å²) in [4.78, 5) is 29.5. The molecule has 0 unspecified atom stereocenters. The number of nitrogens with zero attached hydrogens (tertiary/aromatic N) is 6. The van der Waals surface area contributed by atoms with E-state index in [2.05, 4.69) is 45.3 Å². The predicted molar refractivity (Wildman–Crippen MR) is 90.3 cm³/mol. The number of rotatable bonds is 4. The molecule has 0 atom stereocenters. The molecule has 0 N–H and O–H groups in total. The van der Waals surface area contributed by atoms with E-state index in [9.17, 15) is 4.79 Å². The topological polar surface area (TPSA) is 67.2 Å². The molecule has 24 heavy (non-hydrogen) atoms. The molecule has 0 aliphatic carbocycles. The van der Waals surface area contributed by atoms with Crippen molar-refractivity contribution in [3.63, 3.8) is 0 Å². The first-order valence-electron chi connectivity index (χ1n) is 8.27. The molecule has 0 bridgehead atoms. The molecule has 0 spiro atoms. The first-order valence-corrected chi connectivity index (χ1v) is 8.27. The third kappa shape index (κ3) is 3.31. The van der Waals surface area contributed by atoms with E-state index in [4.69, 9.17) is 0 Å². The number of carbonyl (C=O) groups is 1. The highest BCUT2D eigenvalue weighted by Gasteiger charge is 2.25. The largest absolute Gasteiger partial charge is 0.328 e. The summed E-state index contributed by atoms with van der Waals surface area (Å²) in [7, 11) is 2.11. The van der Waals surface area contributed by atoms with E-state index in [1.165, 1.54) is 5.69 Å². The number of amides is 1. The maximum Gasteiger partial charge on any atom is 0.274 e. The lowest BCUT2D eigenvalue weighted by Gasteiger charge is -2.29. The van der Waals surface area contributed by atoms with Crippen molar-refractivity contribution >= 4 is 5.91 Å². The van der Waals surface area contributed by atoms with Crippen LogP contribution in [-0.4, -0.2) is 54.9 Å². The molecular weight excluding hydrogens is 304 g/mol. The first-order chi connectivity index (χ1) is 11.5. The van der Waals surface area contributed by atoms with Crippen molar-refractivity contribution < 1.29 is 4.79 Å². The van der Waals surface area contributed by atoms with Gasteiger partial charge in [-0.15, -0.1) is 0 Å². The van der Waals surface area contributed by atoms with E-state index in [1.807, 2.05) is 13.1 Å². The van der Waals surface area contributed by atoms with Crippen LogP contribution in [0.25, 0.3) is 0 Å². The number of aryl methyl sites for hydroxylation is 1. The zero-order valence-corrected chi connectivity index (χ0v) is 14.7. The second-order valence-electron chi connectivity index (χ2n) is 6.60. The SMILES string of the molecule is Cc1cnc(C(=O)N2CCn3c(CN(C)C(C)C)cnc3C2)cn1. The Kier molecular flexibility index (Phi) is 4.62. The Morgan fingerprint density at radius 3 is 2.67 bits per heavy atom. The van der Waals surface area contributed by atoms with Gasteiger partial charge < -0.3 is 9.47 Å². The van der Waals surface area contributed by atoms with Gasteiger partial charge in [0.05, 0.1) is 24.1 Å². The molecule has 3 rings (SSSR count). The van der Waals surface area contributed by atoms with Gasteiger partial charge in [0, 0.05) is 38.1 Å². The molecule has 0 saturated carbocycles. The van der Waals surface area contributed by atoms with Crippen LogP contribution in [0.1, 0.15) is 41.5 Å². The molecule has 1 aliphatic rings. The Bertz CT molecular complexity index is 721. The average molecular weight is 328 g/mol. The van der Waals surface area contributed by atoms with Gasteiger partial charge in [-0.2, -0.15) is 0 Å². The van der Waals surface area contributed by atoms with Gasteiger partial charge in [-0.1, -0.05) is 0 Å². The molecule has 0 radical (unpaired) electrons. The zero-order valence-electron chi connectivity index (χ0n) is 14.7. The third-order valence-corrected chi connectivity index (χ3v) is 4.53. The van der Waals surface area contributed by atoms with Crippen LogP contribution in [-0.2, 0) is 19.6 Å². The molecule has 2 aromatic heterocycles. The first kappa shape index (κ1) is 16.6. The molecule has 128 valence electrons. The van der Waals surface area contributed by atoms with Crippen LogP contribution in [0.5, 0.6) is 0 Å². The monoisotopic (exact) mass is 328 g/mol. The van der Waals surface area contributed by atoms with Crippen molar-refractivity contribution in [1.29, 1.82) is 0 Å². The van der Waals surface area contributed by atoms with E-state index in [0.717, 1.165) is 24.6 Å². The number of carbonyl (C=O) groups excluding carboxylic acids is 1. The molecule has 1 amide bonds. The van der Waals surface area contributed by atoms with E-state index in [-0.39, 0.29) is 5.91 Å². The average Bonchev–Trinajstić information content (AvgIpc) is 2.97. The number of aromatic nitrogens is 4. The Morgan fingerprint density at radius 1 is 1.21 bits per heavy atom. The Morgan fingerprint density at radius 2 is 2.00 bits per heavy atom. The number of imidazole rings is 1. The summed E-state index contributed by atoms with van der Waals surface area (Å²) in [5, 5.41) is 0. The van der Waals surface area contributed by atoms with Crippen molar-refractivity contribution in [2.24, 2.45) is 0 Å². The van der Waals surface area contributed by atoms with Crippen LogP contribution in [0.4, 0.5) is 0 Å². The van der Waals surface area contributed by atoms with Crippen LogP contribution in [0, 0.1) is 6.92 Å². The maximum atomic E-state index is 12.6. The Balaban J connectivity index is 1.72. The van der Waals surface area contributed by atoms with Gasteiger partial charge in [0.15, 0.2) is 0 Å². The van der Waals surface area contributed by atoms with Crippen molar-refractivity contribution in [3.05, 3.63) is 41.5 Å². The second-order valence-corrected chi connectivity index (χ2v) is 6.60. The summed E-state index contributed by atoms with van der Waals surface area (Å²) in [5.41, 5.74) is 2.39. The summed E-state index contributed by atoms with van der Waals surface area (Å²) in [6.07, 6.45) is 5.09. The fourth-order valence-electron chi connectivity index (χ4n) is 2.73. The van der Waals surface area contributed by atoms with Crippen LogP contribution in [0.15, 0.2) is 18.6 Å². The fourth-order valence-corrected chi connectivity index (χ4v) is 2.73. The maximum absolute atomic E-state index is 12.6. The van der Waals surface area contributed by atoms with Gasteiger partial charge in [-0.25, -0.2) is 9.97 Å². The van der Waals surface area contributed by atoms with Gasteiger partial charge >= 0.3 is 0 Å². The van der Waals surface area contributed by atoms with E-state index >= 15 is 0 Å². The molecule has 1 aliphatic heterocycles. The van der Waals surface area contributed by atoms with Gasteiger partial charge in [0.2, 0.25) is 0 Å². The summed E-state index contributed by atoms with van der Waals surface area (Å²) >= 11 is 0. The lowest BCUT2D eigenvalue weighted by molar-refractivity contribution is 0.0699. The molecule has 7 nitrogen and oxygen atoms in total. The van der Waals surface area contributed by atoms with Crippen molar-refractivity contribution in [2.45, 2.75) is 46.4 Å². The molecule has 0 aromatic carbocycles. The molecular formula is C17H24N6O. The van der Waals surface area contributed by atoms with Gasteiger partial charge in [-0.05, 0) is 27.8 Å². The zero-order chi connectivity index (χ0) is 17.3. The van der Waals surface area contributed by atoms with Gasteiger partial charge in [-0.3, -0.25) is 14.7 Å². The predicted octanol–water partition coefficient (Wildman–Crippen LogP) is 1.48. The van der Waals surface area contributed by atoms with Crippen LogP contribution in [0.3, 0.4) is 0 Å². The van der Waals surface area contributed by atoms with Crippen molar-refractivity contribution in [2.75, 3.05) is 13.6 Å². The van der Waals surface area contributed by atoms with Crippen molar-refractivity contribution in [1.82, 2.24) is 29.3 Å². The Hall–Kier alpha value is -2.28. The lowest BCUT2D eigenvalue weighted by Crippen LogP contribution is -2.39. The fraction of sp³-hybridized carbons (Fsp3) is 0.529.